The zero-order valence-electron chi connectivity index (χ0n) is 16.4. The Morgan fingerprint density at radius 2 is 1.53 bits per heavy atom. The smallest absolute Gasteiger partial charge is 0.263 e. The summed E-state index contributed by atoms with van der Waals surface area (Å²) in [6, 6.07) is 11.8. The number of amides is 2. The first-order valence-electron chi connectivity index (χ1n) is 9.01. The van der Waals surface area contributed by atoms with E-state index >= 15 is 0 Å². The molecule has 0 aliphatic rings. The molecule has 0 aliphatic heterocycles. The van der Waals surface area contributed by atoms with Crippen LogP contribution in [0.4, 0.5) is 25.8 Å². The average molecular weight is 480 g/mol. The van der Waals surface area contributed by atoms with Gasteiger partial charge in [0.1, 0.15) is 16.5 Å². The fourth-order valence-corrected chi connectivity index (χ4v) is 4.26. The highest BCUT2D eigenvalue weighted by atomic mass is 35.5. The Morgan fingerprint density at radius 3 is 2.19 bits per heavy atom. The number of hydrogen-bond acceptors (Lipinski definition) is 4. The van der Waals surface area contributed by atoms with Gasteiger partial charge in [-0.15, -0.1) is 0 Å². The second-order valence-electron chi connectivity index (χ2n) is 6.59. The van der Waals surface area contributed by atoms with Gasteiger partial charge in [0.15, 0.2) is 0 Å². The van der Waals surface area contributed by atoms with E-state index in [1.165, 1.54) is 43.3 Å². The van der Waals surface area contributed by atoms with E-state index in [1.54, 1.807) is 0 Å². The van der Waals surface area contributed by atoms with Crippen molar-refractivity contribution in [2.45, 2.75) is 11.8 Å². The van der Waals surface area contributed by atoms with Gasteiger partial charge in [-0.05, 0) is 60.7 Å². The van der Waals surface area contributed by atoms with Crippen LogP contribution >= 0.6 is 11.6 Å². The van der Waals surface area contributed by atoms with Crippen LogP contribution in [-0.4, -0.2) is 20.2 Å². The zero-order chi connectivity index (χ0) is 23.5. The number of carbonyl (C=O) groups is 2. The van der Waals surface area contributed by atoms with Crippen LogP contribution in [-0.2, 0) is 14.8 Å². The molecule has 11 heteroatoms. The fourth-order valence-electron chi connectivity index (χ4n) is 2.67. The number of rotatable bonds is 6. The number of hydrogen-bond donors (Lipinski definition) is 3. The maximum absolute atomic E-state index is 13.8. The van der Waals surface area contributed by atoms with Crippen LogP contribution in [0.1, 0.15) is 17.3 Å². The molecule has 0 saturated carbocycles. The van der Waals surface area contributed by atoms with Gasteiger partial charge in [0.25, 0.3) is 15.9 Å². The molecule has 2 amide bonds. The van der Waals surface area contributed by atoms with Crippen molar-refractivity contribution in [3.63, 3.8) is 0 Å². The van der Waals surface area contributed by atoms with E-state index in [0.717, 1.165) is 24.3 Å². The van der Waals surface area contributed by atoms with E-state index in [4.69, 9.17) is 11.6 Å². The molecule has 0 radical (unpaired) electrons. The third kappa shape index (κ3) is 5.59. The van der Waals surface area contributed by atoms with Gasteiger partial charge in [0, 0.05) is 23.9 Å². The molecule has 3 aromatic rings. The van der Waals surface area contributed by atoms with Crippen LogP contribution in [0.5, 0.6) is 0 Å². The molecular weight excluding hydrogens is 464 g/mol. The summed E-state index contributed by atoms with van der Waals surface area (Å²) in [5.74, 6) is -2.41. The number of nitrogens with one attached hydrogen (secondary N) is 3. The molecule has 0 saturated heterocycles. The molecule has 0 fully saturated rings. The molecule has 32 heavy (non-hydrogen) atoms. The third-order valence-corrected chi connectivity index (χ3v) is 5.98. The zero-order valence-corrected chi connectivity index (χ0v) is 18.0. The second kappa shape index (κ2) is 9.33. The van der Waals surface area contributed by atoms with Gasteiger partial charge in [0.05, 0.1) is 10.7 Å². The number of sulfonamides is 1. The topological polar surface area (TPSA) is 104 Å². The lowest BCUT2D eigenvalue weighted by molar-refractivity contribution is -0.114. The molecule has 0 spiro atoms. The largest absolute Gasteiger partial charge is 0.324 e. The molecular formula is C21H16ClF2N3O4S. The minimum absolute atomic E-state index is 0.0423. The van der Waals surface area contributed by atoms with Crippen molar-refractivity contribution in [1.82, 2.24) is 0 Å². The third-order valence-electron chi connectivity index (χ3n) is 4.11. The lowest BCUT2D eigenvalue weighted by atomic mass is 10.2. The highest BCUT2D eigenvalue weighted by Gasteiger charge is 2.21. The highest BCUT2D eigenvalue weighted by Crippen LogP contribution is 2.26. The van der Waals surface area contributed by atoms with Crippen LogP contribution in [0.3, 0.4) is 0 Å². The summed E-state index contributed by atoms with van der Waals surface area (Å²) >= 11 is 6.03. The van der Waals surface area contributed by atoms with Crippen LogP contribution < -0.4 is 15.4 Å². The van der Waals surface area contributed by atoms with Crippen molar-refractivity contribution in [1.29, 1.82) is 0 Å². The lowest BCUT2D eigenvalue weighted by Gasteiger charge is -2.12. The lowest BCUT2D eigenvalue weighted by Crippen LogP contribution is -2.17. The molecule has 0 heterocycles. The minimum Gasteiger partial charge on any atom is -0.324 e. The van der Waals surface area contributed by atoms with Gasteiger partial charge in [-0.1, -0.05) is 11.6 Å². The normalized spacial score (nSPS) is 11.0. The summed E-state index contributed by atoms with van der Waals surface area (Å²) in [5, 5.41) is 4.66. The molecule has 7 nitrogen and oxygen atoms in total. The van der Waals surface area contributed by atoms with Crippen molar-refractivity contribution in [2.24, 2.45) is 0 Å². The Hall–Kier alpha value is -3.50. The summed E-state index contributed by atoms with van der Waals surface area (Å²) in [7, 11) is -4.19. The van der Waals surface area contributed by atoms with Crippen LogP contribution in [0.15, 0.2) is 65.6 Å². The monoisotopic (exact) mass is 479 g/mol. The maximum Gasteiger partial charge on any atom is 0.263 e. The van der Waals surface area contributed by atoms with Gasteiger partial charge in [-0.25, -0.2) is 17.2 Å². The number of benzene rings is 3. The van der Waals surface area contributed by atoms with Crippen LogP contribution in [0.2, 0.25) is 5.02 Å². The first-order chi connectivity index (χ1) is 15.0. The standard InChI is InChI=1S/C21H16ClF2N3O4S/c1-12(28)25-19-11-16(7-9-18(19)24)26-21(29)13-2-8-17(22)20(10-13)32(30,31)27-15-5-3-14(23)4-6-15/h2-11,27H,1H3,(H,25,28)(H,26,29). The number of carbonyl (C=O) groups excluding carboxylic acids is 2. The Kier molecular flexibility index (Phi) is 6.75. The summed E-state index contributed by atoms with van der Waals surface area (Å²) in [6.07, 6.45) is 0. The minimum atomic E-state index is -4.19. The molecule has 0 bridgehead atoms. The van der Waals surface area contributed by atoms with Crippen molar-refractivity contribution in [3.8, 4) is 0 Å². The van der Waals surface area contributed by atoms with Crippen molar-refractivity contribution in [2.75, 3.05) is 15.4 Å². The van der Waals surface area contributed by atoms with Crippen molar-refractivity contribution >= 4 is 50.5 Å². The average Bonchev–Trinajstić information content (AvgIpc) is 2.72. The molecule has 3 rings (SSSR count). The van der Waals surface area contributed by atoms with E-state index in [2.05, 4.69) is 15.4 Å². The van der Waals surface area contributed by atoms with Gasteiger partial charge in [-0.3, -0.25) is 14.3 Å². The first-order valence-corrected chi connectivity index (χ1v) is 10.9. The van der Waals surface area contributed by atoms with Gasteiger partial charge < -0.3 is 10.6 Å². The first kappa shape index (κ1) is 23.2. The number of halogens is 3. The van der Waals surface area contributed by atoms with E-state index in [9.17, 15) is 26.8 Å². The maximum atomic E-state index is 13.8. The van der Waals surface area contributed by atoms with E-state index in [1.807, 2.05) is 0 Å². The highest BCUT2D eigenvalue weighted by molar-refractivity contribution is 7.92. The number of anilines is 3. The second-order valence-corrected chi connectivity index (χ2v) is 8.65. The fraction of sp³-hybridized carbons (Fsp3) is 0.0476. The predicted molar refractivity (Wildman–Crippen MR) is 117 cm³/mol. The van der Waals surface area contributed by atoms with Gasteiger partial charge in [0.2, 0.25) is 5.91 Å². The molecule has 0 unspecified atom stereocenters. The summed E-state index contributed by atoms with van der Waals surface area (Å²) in [4.78, 5) is 23.4. The molecule has 0 atom stereocenters. The van der Waals surface area contributed by atoms with Crippen LogP contribution in [0.25, 0.3) is 0 Å². The SMILES string of the molecule is CC(=O)Nc1cc(NC(=O)c2ccc(Cl)c(S(=O)(=O)Nc3ccc(F)cc3)c2)ccc1F. The molecule has 0 aliphatic carbocycles. The van der Waals surface area contributed by atoms with Crippen LogP contribution in [0, 0.1) is 11.6 Å². The molecule has 3 aromatic carbocycles. The Bertz CT molecular complexity index is 1300. The van der Waals surface area contributed by atoms with Gasteiger partial charge >= 0.3 is 0 Å². The van der Waals surface area contributed by atoms with E-state index in [0.29, 0.717) is 0 Å². The predicted octanol–water partition coefficient (Wildman–Crippen LogP) is 4.63. The Morgan fingerprint density at radius 1 is 0.875 bits per heavy atom. The van der Waals surface area contributed by atoms with Gasteiger partial charge in [-0.2, -0.15) is 0 Å². The molecule has 0 aromatic heterocycles. The van der Waals surface area contributed by atoms with Crippen molar-refractivity contribution in [3.05, 3.63) is 82.9 Å². The quantitative estimate of drug-likeness (QED) is 0.479. The molecule has 166 valence electrons. The Balaban J connectivity index is 1.85. The summed E-state index contributed by atoms with van der Waals surface area (Å²) in [6.45, 7) is 1.21. The Labute approximate surface area is 187 Å². The van der Waals surface area contributed by atoms with E-state index < -0.39 is 33.5 Å². The summed E-state index contributed by atoms with van der Waals surface area (Å²) in [5.41, 5.74) is 0.107. The molecule has 3 N–H and O–H groups in total. The summed E-state index contributed by atoms with van der Waals surface area (Å²) < 4.78 is 54.5. The van der Waals surface area contributed by atoms with Crippen molar-refractivity contribution < 1.29 is 26.8 Å². The van der Waals surface area contributed by atoms with E-state index in [-0.39, 0.29) is 32.5 Å².